The van der Waals surface area contributed by atoms with E-state index in [0.29, 0.717) is 29.4 Å². The summed E-state index contributed by atoms with van der Waals surface area (Å²) in [5, 5.41) is 2.86. The van der Waals surface area contributed by atoms with E-state index in [-0.39, 0.29) is 29.9 Å². The fourth-order valence-corrected chi connectivity index (χ4v) is 5.34. The van der Waals surface area contributed by atoms with Crippen molar-refractivity contribution in [2.24, 2.45) is 0 Å². The molecule has 1 aliphatic heterocycles. The maximum Gasteiger partial charge on any atom is 0.265 e. The van der Waals surface area contributed by atoms with E-state index in [1.165, 1.54) is 29.2 Å². The van der Waals surface area contributed by atoms with Crippen molar-refractivity contribution in [3.05, 3.63) is 114 Å². The first-order chi connectivity index (χ1) is 19.8. The molecule has 2 N–H and O–H groups in total. The van der Waals surface area contributed by atoms with E-state index in [1.54, 1.807) is 36.4 Å². The van der Waals surface area contributed by atoms with Crippen LogP contribution in [0.3, 0.4) is 0 Å². The number of amides is 2. The molecule has 210 valence electrons. The summed E-state index contributed by atoms with van der Waals surface area (Å²) in [5.74, 6) is 0.0337. The van der Waals surface area contributed by atoms with E-state index >= 15 is 0 Å². The molecular weight excluding hydrogens is 542 g/mol. The first-order valence-corrected chi connectivity index (χ1v) is 14.5. The first-order valence-electron chi connectivity index (χ1n) is 13.0. The van der Waals surface area contributed by atoms with Crippen molar-refractivity contribution in [3.8, 4) is 11.5 Å². The molecule has 2 amide bonds. The average Bonchev–Trinajstić information content (AvgIpc) is 3.00. The normalized spacial score (nSPS) is 14.4. The van der Waals surface area contributed by atoms with Gasteiger partial charge in [-0.05, 0) is 61.0 Å². The van der Waals surface area contributed by atoms with Crippen LogP contribution in [-0.4, -0.2) is 39.5 Å². The Morgan fingerprint density at radius 1 is 0.902 bits per heavy atom. The Balaban J connectivity index is 1.21. The standard InChI is InChI=1S/C31H29N3O6S/c1-22-11-13-24(14-12-22)33-41(37,38)26-17-15-25(16-18-26)39-21-30(35)34-20-29(40-28-10-6-5-9-27(28)34)31(36)32-19-23-7-3-2-4-8-23/h2-18,29,33H,19-21H2,1H3,(H,32,36). The number of hydrogen-bond donors (Lipinski definition) is 2. The molecule has 9 nitrogen and oxygen atoms in total. The summed E-state index contributed by atoms with van der Waals surface area (Å²) in [6.45, 7) is 1.95. The number of aryl methyl sites for hydroxylation is 1. The molecule has 0 bridgehead atoms. The van der Waals surface area contributed by atoms with E-state index in [4.69, 9.17) is 9.47 Å². The smallest absolute Gasteiger partial charge is 0.265 e. The van der Waals surface area contributed by atoms with Crippen molar-refractivity contribution >= 4 is 33.2 Å². The minimum absolute atomic E-state index is 0.0156. The minimum atomic E-state index is -3.79. The zero-order valence-corrected chi connectivity index (χ0v) is 23.1. The number of sulfonamides is 1. The lowest BCUT2D eigenvalue weighted by atomic mass is 10.1. The maximum atomic E-state index is 13.2. The highest BCUT2D eigenvalue weighted by atomic mass is 32.2. The van der Waals surface area contributed by atoms with Gasteiger partial charge in [-0.2, -0.15) is 0 Å². The Morgan fingerprint density at radius 2 is 1.59 bits per heavy atom. The minimum Gasteiger partial charge on any atom is -0.484 e. The highest BCUT2D eigenvalue weighted by Crippen LogP contribution is 2.33. The SMILES string of the molecule is Cc1ccc(NS(=O)(=O)c2ccc(OCC(=O)N3CC(C(=O)NCc4ccccc4)Oc4ccccc43)cc2)cc1. The van der Waals surface area contributed by atoms with Gasteiger partial charge in [-0.3, -0.25) is 14.3 Å². The molecule has 1 atom stereocenters. The highest BCUT2D eigenvalue weighted by Gasteiger charge is 2.33. The van der Waals surface area contributed by atoms with Crippen LogP contribution in [0.1, 0.15) is 11.1 Å². The largest absolute Gasteiger partial charge is 0.484 e. The van der Waals surface area contributed by atoms with Crippen LogP contribution in [0.2, 0.25) is 0 Å². The van der Waals surface area contributed by atoms with Gasteiger partial charge in [0.1, 0.15) is 11.5 Å². The van der Waals surface area contributed by atoms with Crippen molar-refractivity contribution in [1.29, 1.82) is 0 Å². The van der Waals surface area contributed by atoms with Gasteiger partial charge >= 0.3 is 0 Å². The molecule has 0 aromatic heterocycles. The Hall–Kier alpha value is -4.83. The van der Waals surface area contributed by atoms with Gasteiger partial charge in [-0.1, -0.05) is 60.2 Å². The summed E-state index contributed by atoms with van der Waals surface area (Å²) < 4.78 is 39.6. The molecule has 1 aliphatic rings. The Kier molecular flexibility index (Phi) is 8.21. The summed E-state index contributed by atoms with van der Waals surface area (Å²) in [4.78, 5) is 27.7. The van der Waals surface area contributed by atoms with Crippen LogP contribution in [0.5, 0.6) is 11.5 Å². The van der Waals surface area contributed by atoms with Crippen molar-refractivity contribution in [2.75, 3.05) is 22.8 Å². The summed E-state index contributed by atoms with van der Waals surface area (Å²) in [7, 11) is -3.79. The second-order valence-electron chi connectivity index (χ2n) is 9.51. The number of carbonyl (C=O) groups excluding carboxylic acids is 2. The van der Waals surface area contributed by atoms with Gasteiger partial charge in [0.05, 0.1) is 17.1 Å². The van der Waals surface area contributed by atoms with Crippen molar-refractivity contribution in [2.45, 2.75) is 24.5 Å². The lowest BCUT2D eigenvalue weighted by Crippen LogP contribution is -2.51. The molecule has 4 aromatic carbocycles. The Bertz CT molecular complexity index is 1620. The second kappa shape index (κ2) is 12.1. The number of benzene rings is 4. The lowest BCUT2D eigenvalue weighted by molar-refractivity contribution is -0.128. The molecule has 5 rings (SSSR count). The molecule has 4 aromatic rings. The fraction of sp³-hybridized carbons (Fsp3) is 0.161. The summed E-state index contributed by atoms with van der Waals surface area (Å²) in [6, 6.07) is 29.3. The van der Waals surface area contributed by atoms with Crippen molar-refractivity contribution in [3.63, 3.8) is 0 Å². The maximum absolute atomic E-state index is 13.2. The van der Waals surface area contributed by atoms with Gasteiger partial charge in [0, 0.05) is 12.2 Å². The van der Waals surface area contributed by atoms with E-state index < -0.39 is 16.1 Å². The van der Waals surface area contributed by atoms with Crippen LogP contribution < -0.4 is 24.4 Å². The van der Waals surface area contributed by atoms with Crippen molar-refractivity contribution < 1.29 is 27.5 Å². The third-order valence-corrected chi connectivity index (χ3v) is 7.87. The van der Waals surface area contributed by atoms with E-state index in [1.807, 2.05) is 49.4 Å². The average molecular weight is 572 g/mol. The Labute approximate surface area is 238 Å². The molecule has 10 heteroatoms. The van der Waals surface area contributed by atoms with Gasteiger partial charge in [0.2, 0.25) is 0 Å². The number of anilines is 2. The van der Waals surface area contributed by atoms with E-state index in [0.717, 1.165) is 11.1 Å². The number of rotatable bonds is 9. The number of ether oxygens (including phenoxy) is 2. The number of nitrogens with one attached hydrogen (secondary N) is 2. The van der Waals surface area contributed by atoms with Gasteiger partial charge < -0.3 is 19.7 Å². The zero-order chi connectivity index (χ0) is 28.8. The fourth-order valence-electron chi connectivity index (χ4n) is 4.28. The number of carbonyl (C=O) groups is 2. The molecule has 0 radical (unpaired) electrons. The molecule has 1 unspecified atom stereocenters. The lowest BCUT2D eigenvalue weighted by Gasteiger charge is -2.34. The zero-order valence-electron chi connectivity index (χ0n) is 22.3. The molecular formula is C31H29N3O6S. The molecule has 0 saturated heterocycles. The third kappa shape index (κ3) is 6.85. The predicted octanol–water partition coefficient (Wildman–Crippen LogP) is 4.29. The van der Waals surface area contributed by atoms with Crippen LogP contribution in [0, 0.1) is 6.92 Å². The van der Waals surface area contributed by atoms with Gasteiger partial charge in [-0.25, -0.2) is 8.42 Å². The predicted molar refractivity (Wildman–Crippen MR) is 155 cm³/mol. The molecule has 1 heterocycles. The third-order valence-electron chi connectivity index (χ3n) is 6.48. The number of hydrogen-bond acceptors (Lipinski definition) is 6. The number of para-hydroxylation sites is 2. The van der Waals surface area contributed by atoms with Crippen LogP contribution in [0.15, 0.2) is 108 Å². The summed E-state index contributed by atoms with van der Waals surface area (Å²) in [6.07, 6.45) is -0.900. The molecule has 0 fully saturated rings. The van der Waals surface area contributed by atoms with Gasteiger partial charge in [0.15, 0.2) is 12.7 Å². The quantitative estimate of drug-likeness (QED) is 0.310. The van der Waals surface area contributed by atoms with Crippen LogP contribution in [0.4, 0.5) is 11.4 Å². The van der Waals surface area contributed by atoms with Crippen LogP contribution in [-0.2, 0) is 26.2 Å². The van der Waals surface area contributed by atoms with E-state index in [2.05, 4.69) is 10.0 Å². The van der Waals surface area contributed by atoms with Crippen LogP contribution >= 0.6 is 0 Å². The molecule has 41 heavy (non-hydrogen) atoms. The summed E-state index contributed by atoms with van der Waals surface area (Å²) in [5.41, 5.74) is 2.96. The number of nitrogens with zero attached hydrogens (tertiary/aromatic N) is 1. The second-order valence-corrected chi connectivity index (χ2v) is 11.2. The molecule has 0 aliphatic carbocycles. The van der Waals surface area contributed by atoms with Gasteiger partial charge in [0.25, 0.3) is 21.8 Å². The Morgan fingerprint density at radius 3 is 2.32 bits per heavy atom. The van der Waals surface area contributed by atoms with Crippen LogP contribution in [0.25, 0.3) is 0 Å². The monoisotopic (exact) mass is 571 g/mol. The molecule has 0 saturated carbocycles. The topological polar surface area (TPSA) is 114 Å². The summed E-state index contributed by atoms with van der Waals surface area (Å²) >= 11 is 0. The number of fused-ring (bicyclic) bond motifs is 1. The highest BCUT2D eigenvalue weighted by molar-refractivity contribution is 7.92. The molecule has 0 spiro atoms. The van der Waals surface area contributed by atoms with Crippen molar-refractivity contribution in [1.82, 2.24) is 5.32 Å². The first kappa shape index (κ1) is 27.7. The van der Waals surface area contributed by atoms with Gasteiger partial charge in [-0.15, -0.1) is 0 Å². The van der Waals surface area contributed by atoms with E-state index in [9.17, 15) is 18.0 Å².